The number of benzene rings is 2. The number of amides is 2. The molecule has 0 saturated heterocycles. The van der Waals surface area contributed by atoms with E-state index in [1.54, 1.807) is 30.4 Å². The van der Waals surface area contributed by atoms with Gasteiger partial charge in [0.15, 0.2) is 24.2 Å². The lowest BCUT2D eigenvalue weighted by atomic mass is 10.1. The Bertz CT molecular complexity index is 1180. The average Bonchev–Trinajstić information content (AvgIpc) is 3.42. The number of nitrogens with zero attached hydrogens (tertiary/aromatic N) is 2. The van der Waals surface area contributed by atoms with Crippen molar-refractivity contribution in [3.63, 3.8) is 0 Å². The van der Waals surface area contributed by atoms with Crippen LogP contribution in [0.4, 0.5) is 10.5 Å². The third kappa shape index (κ3) is 11.7. The van der Waals surface area contributed by atoms with Crippen molar-refractivity contribution in [2.24, 2.45) is 0 Å². The van der Waals surface area contributed by atoms with Gasteiger partial charge in [0.1, 0.15) is 0 Å². The standard InChI is InChI=1S/C35H51N3O3S/c1-5-6-7-8-9-10-11-12-13-14-15-16-23-41-34-24-31(19-22-33(34)40-4)27-38(35(39)36-3)32-20-17-30(18-21-32)26-37-25-29(2)42-28-37/h17-22,24-25,28H,5-16,23,26-27H2,1-4H3/p+1. The van der Waals surface area contributed by atoms with Gasteiger partial charge in [0.25, 0.3) is 0 Å². The van der Waals surface area contributed by atoms with Crippen LogP contribution in [0.5, 0.6) is 11.5 Å². The molecule has 2 aromatic carbocycles. The van der Waals surface area contributed by atoms with Crippen LogP contribution in [0.15, 0.2) is 54.2 Å². The Kier molecular flexibility index (Phi) is 15.3. The number of aromatic nitrogens is 1. The number of carbonyl (C=O) groups is 1. The number of ether oxygens (including phenoxy) is 2. The van der Waals surface area contributed by atoms with Gasteiger partial charge < -0.3 is 14.8 Å². The van der Waals surface area contributed by atoms with Crippen molar-refractivity contribution in [1.29, 1.82) is 0 Å². The Hall–Kier alpha value is -3.06. The fraction of sp³-hybridized carbons (Fsp3) is 0.543. The first-order chi connectivity index (χ1) is 20.5. The number of anilines is 1. The summed E-state index contributed by atoms with van der Waals surface area (Å²) < 4.78 is 13.9. The molecule has 1 aromatic heterocycles. The van der Waals surface area contributed by atoms with E-state index in [0.29, 0.717) is 13.2 Å². The number of methoxy groups -OCH3 is 1. The molecule has 0 spiro atoms. The summed E-state index contributed by atoms with van der Waals surface area (Å²) in [5.41, 5.74) is 5.15. The zero-order valence-electron chi connectivity index (χ0n) is 26.3. The van der Waals surface area contributed by atoms with Crippen LogP contribution in [0.1, 0.15) is 100.0 Å². The molecule has 3 rings (SSSR count). The first kappa shape index (κ1) is 33.4. The maximum absolute atomic E-state index is 12.9. The van der Waals surface area contributed by atoms with Gasteiger partial charge in [-0.25, -0.2) is 4.79 Å². The minimum Gasteiger partial charge on any atom is -0.493 e. The van der Waals surface area contributed by atoms with E-state index in [-0.39, 0.29) is 6.03 Å². The maximum atomic E-state index is 12.9. The van der Waals surface area contributed by atoms with Gasteiger partial charge in [-0.15, -0.1) is 0 Å². The predicted molar refractivity (Wildman–Crippen MR) is 175 cm³/mol. The van der Waals surface area contributed by atoms with Gasteiger partial charge in [-0.3, -0.25) is 4.90 Å². The third-order valence-electron chi connectivity index (χ3n) is 7.62. The maximum Gasteiger partial charge on any atom is 0.321 e. The minimum absolute atomic E-state index is 0.152. The molecule has 0 atom stereocenters. The summed E-state index contributed by atoms with van der Waals surface area (Å²) in [6, 6.07) is 14.0. The summed E-state index contributed by atoms with van der Waals surface area (Å²) in [6.07, 6.45) is 18.0. The third-order valence-corrected chi connectivity index (χ3v) is 8.47. The second kappa shape index (κ2) is 19.2. The minimum atomic E-state index is -0.152. The van der Waals surface area contributed by atoms with Gasteiger partial charge in [0.2, 0.25) is 5.51 Å². The van der Waals surface area contributed by atoms with Crippen molar-refractivity contribution in [1.82, 2.24) is 5.32 Å². The fourth-order valence-corrected chi connectivity index (χ4v) is 5.81. The molecule has 0 radical (unpaired) electrons. The normalized spacial score (nSPS) is 11.0. The van der Waals surface area contributed by atoms with E-state index in [2.05, 4.69) is 47.6 Å². The first-order valence-corrected chi connectivity index (χ1v) is 16.7. The molecule has 1 N–H and O–H groups in total. The van der Waals surface area contributed by atoms with Crippen LogP contribution in [-0.4, -0.2) is 26.8 Å². The van der Waals surface area contributed by atoms with Crippen LogP contribution >= 0.6 is 11.3 Å². The van der Waals surface area contributed by atoms with Gasteiger partial charge in [0.05, 0.1) is 25.1 Å². The largest absolute Gasteiger partial charge is 0.493 e. The van der Waals surface area contributed by atoms with Gasteiger partial charge >= 0.3 is 6.03 Å². The highest BCUT2D eigenvalue weighted by Crippen LogP contribution is 2.30. The zero-order chi connectivity index (χ0) is 30.0. The second-order valence-electron chi connectivity index (χ2n) is 11.2. The van der Waals surface area contributed by atoms with E-state index < -0.39 is 0 Å². The lowest BCUT2D eigenvalue weighted by Crippen LogP contribution is -2.37. The molecule has 0 aliphatic rings. The Morgan fingerprint density at radius 3 is 2.05 bits per heavy atom. The summed E-state index contributed by atoms with van der Waals surface area (Å²) in [7, 11) is 3.33. The number of nitrogens with one attached hydrogen (secondary N) is 1. The highest BCUT2D eigenvalue weighted by Gasteiger charge is 2.17. The number of unbranched alkanes of at least 4 members (excludes halogenated alkanes) is 11. The molecule has 3 aromatic rings. The fourth-order valence-electron chi connectivity index (χ4n) is 5.18. The molecule has 0 aliphatic carbocycles. The van der Waals surface area contributed by atoms with Crippen LogP contribution in [-0.2, 0) is 13.1 Å². The molecule has 0 fully saturated rings. The van der Waals surface area contributed by atoms with E-state index in [1.807, 2.05) is 30.3 Å². The van der Waals surface area contributed by atoms with E-state index in [4.69, 9.17) is 9.47 Å². The van der Waals surface area contributed by atoms with E-state index >= 15 is 0 Å². The molecule has 0 saturated carbocycles. The number of hydrogen-bond donors (Lipinski definition) is 1. The molecule has 42 heavy (non-hydrogen) atoms. The monoisotopic (exact) mass is 594 g/mol. The number of aryl methyl sites for hydroxylation is 1. The Morgan fingerprint density at radius 1 is 0.857 bits per heavy atom. The lowest BCUT2D eigenvalue weighted by Gasteiger charge is -2.23. The molecule has 7 heteroatoms. The molecular formula is C35H52N3O3S+. The zero-order valence-corrected chi connectivity index (χ0v) is 27.1. The van der Waals surface area contributed by atoms with Gasteiger partial charge in [-0.2, -0.15) is 4.57 Å². The van der Waals surface area contributed by atoms with E-state index in [1.165, 1.54) is 81.1 Å². The number of thiazole rings is 1. The van der Waals surface area contributed by atoms with Crippen LogP contribution in [0, 0.1) is 6.92 Å². The van der Waals surface area contributed by atoms with Crippen LogP contribution in [0.3, 0.4) is 0 Å². The Balaban J connectivity index is 1.47. The number of hydrogen-bond acceptors (Lipinski definition) is 4. The summed E-state index contributed by atoms with van der Waals surface area (Å²) >= 11 is 1.74. The van der Waals surface area contributed by atoms with Crippen LogP contribution in [0.25, 0.3) is 0 Å². The number of urea groups is 1. The number of rotatable bonds is 20. The molecule has 6 nitrogen and oxygen atoms in total. The van der Waals surface area contributed by atoms with Crippen molar-refractivity contribution >= 4 is 23.1 Å². The Morgan fingerprint density at radius 2 is 1.48 bits per heavy atom. The topological polar surface area (TPSA) is 54.7 Å². The van der Waals surface area contributed by atoms with Crippen molar-refractivity contribution in [3.8, 4) is 11.5 Å². The van der Waals surface area contributed by atoms with E-state index in [9.17, 15) is 4.79 Å². The molecule has 0 unspecified atom stereocenters. The summed E-state index contributed by atoms with van der Waals surface area (Å²) in [5.74, 6) is 1.45. The molecular weight excluding hydrogens is 542 g/mol. The average molecular weight is 595 g/mol. The first-order valence-electron chi connectivity index (χ1n) is 15.9. The van der Waals surface area contributed by atoms with Gasteiger partial charge in [0, 0.05) is 18.3 Å². The van der Waals surface area contributed by atoms with Crippen LogP contribution < -0.4 is 24.3 Å². The SMILES string of the molecule is CCCCCCCCCCCCCCOc1cc(CN(C(=O)NC)c2ccc(C[n+]3csc(C)c3)cc2)ccc1OC. The van der Waals surface area contributed by atoms with Crippen molar-refractivity contribution in [2.75, 3.05) is 25.7 Å². The highest BCUT2D eigenvalue weighted by atomic mass is 32.1. The summed E-state index contributed by atoms with van der Waals surface area (Å²) in [6.45, 7) is 6.29. The van der Waals surface area contributed by atoms with Crippen molar-refractivity contribution < 1.29 is 18.8 Å². The molecule has 0 bridgehead atoms. The Labute approximate surface area is 258 Å². The lowest BCUT2D eigenvalue weighted by molar-refractivity contribution is -0.683. The number of carbonyl (C=O) groups excluding carboxylic acids is 1. The smallest absolute Gasteiger partial charge is 0.321 e. The molecule has 0 aliphatic heterocycles. The summed E-state index contributed by atoms with van der Waals surface area (Å²) in [4.78, 5) is 15.9. The van der Waals surface area contributed by atoms with Crippen molar-refractivity contribution in [3.05, 3.63) is 70.2 Å². The second-order valence-corrected chi connectivity index (χ2v) is 12.3. The quantitative estimate of drug-likeness (QED) is 0.105. The molecule has 2 amide bonds. The van der Waals surface area contributed by atoms with Gasteiger partial charge in [-0.1, -0.05) is 107 Å². The molecule has 230 valence electrons. The predicted octanol–water partition coefficient (Wildman–Crippen LogP) is 8.83. The highest BCUT2D eigenvalue weighted by molar-refractivity contribution is 7.09. The summed E-state index contributed by atoms with van der Waals surface area (Å²) in [5, 5.41) is 2.79. The van der Waals surface area contributed by atoms with E-state index in [0.717, 1.165) is 35.7 Å². The van der Waals surface area contributed by atoms with Crippen LogP contribution in [0.2, 0.25) is 0 Å². The molecule has 1 heterocycles. The van der Waals surface area contributed by atoms with Crippen molar-refractivity contribution in [2.45, 2.75) is 104 Å². The van der Waals surface area contributed by atoms with Gasteiger partial charge in [-0.05, 0) is 43.2 Å².